The average molecular weight is 351 g/mol. The van der Waals surface area contributed by atoms with E-state index >= 15 is 0 Å². The van der Waals surface area contributed by atoms with Crippen molar-refractivity contribution in [1.82, 2.24) is 9.62 Å². The van der Waals surface area contributed by atoms with Gasteiger partial charge in [-0.1, -0.05) is 0 Å². The van der Waals surface area contributed by atoms with Crippen molar-refractivity contribution < 1.29 is 18.0 Å². The normalized spacial score (nSPS) is 20.9. The Balaban J connectivity index is 1.99. The fourth-order valence-electron chi connectivity index (χ4n) is 3.43. The molecule has 3 rings (SSSR count). The van der Waals surface area contributed by atoms with E-state index in [2.05, 4.69) is 5.32 Å². The Bertz CT molecular complexity index is 785. The van der Waals surface area contributed by atoms with Crippen molar-refractivity contribution in [3.63, 3.8) is 0 Å². The second kappa shape index (κ2) is 6.18. The Kier molecular flexibility index (Phi) is 4.35. The highest BCUT2D eigenvalue weighted by molar-refractivity contribution is 7.89. The van der Waals surface area contributed by atoms with Crippen LogP contribution in [0.5, 0.6) is 0 Å². The number of benzene rings is 1. The summed E-state index contributed by atoms with van der Waals surface area (Å²) < 4.78 is 26.9. The molecule has 1 N–H and O–H groups in total. The van der Waals surface area contributed by atoms with Gasteiger partial charge in [0, 0.05) is 39.2 Å². The second-order valence-corrected chi connectivity index (χ2v) is 8.06. The molecule has 2 aliphatic rings. The van der Waals surface area contributed by atoms with Crippen molar-refractivity contribution in [1.29, 1.82) is 0 Å². The van der Waals surface area contributed by atoms with Crippen molar-refractivity contribution in [3.05, 3.63) is 23.8 Å². The number of nitrogens with zero attached hydrogens (tertiary/aromatic N) is 2. The van der Waals surface area contributed by atoms with Crippen LogP contribution in [0.1, 0.15) is 25.3 Å². The molecule has 0 radical (unpaired) electrons. The zero-order valence-electron chi connectivity index (χ0n) is 13.8. The van der Waals surface area contributed by atoms with Crippen LogP contribution in [0.2, 0.25) is 0 Å². The summed E-state index contributed by atoms with van der Waals surface area (Å²) >= 11 is 0. The average Bonchev–Trinajstić information content (AvgIpc) is 3.20. The fourth-order valence-corrected chi connectivity index (χ4v) is 5.00. The molecule has 130 valence electrons. The molecule has 2 aliphatic heterocycles. The van der Waals surface area contributed by atoms with Gasteiger partial charge in [-0.15, -0.1) is 0 Å². The SMILES string of the molecule is CNC(=O)C1Cc2cc(S(=O)(=O)N3CCCC3)ccc2N1C(C)=O. The Hall–Kier alpha value is -1.93. The van der Waals surface area contributed by atoms with Gasteiger partial charge in [0.1, 0.15) is 6.04 Å². The predicted molar refractivity (Wildman–Crippen MR) is 89.2 cm³/mol. The number of amides is 2. The van der Waals surface area contributed by atoms with E-state index in [0.29, 0.717) is 30.8 Å². The molecule has 0 saturated carbocycles. The summed E-state index contributed by atoms with van der Waals surface area (Å²) in [5.41, 5.74) is 1.32. The summed E-state index contributed by atoms with van der Waals surface area (Å²) in [5.74, 6) is -0.497. The molecule has 1 unspecified atom stereocenters. The Morgan fingerprint density at radius 2 is 1.88 bits per heavy atom. The van der Waals surface area contributed by atoms with Crippen LogP contribution >= 0.6 is 0 Å². The van der Waals surface area contributed by atoms with Crippen molar-refractivity contribution in [2.45, 2.75) is 37.1 Å². The first kappa shape index (κ1) is 16.9. The second-order valence-electron chi connectivity index (χ2n) is 6.12. The third-order valence-electron chi connectivity index (χ3n) is 4.63. The zero-order chi connectivity index (χ0) is 17.5. The first-order chi connectivity index (χ1) is 11.4. The van der Waals surface area contributed by atoms with E-state index in [1.165, 1.54) is 29.2 Å². The number of hydrogen-bond donors (Lipinski definition) is 1. The highest BCUT2D eigenvalue weighted by Gasteiger charge is 2.37. The molecule has 0 bridgehead atoms. The van der Waals surface area contributed by atoms with Crippen molar-refractivity contribution in [2.24, 2.45) is 0 Å². The van der Waals surface area contributed by atoms with E-state index < -0.39 is 16.1 Å². The minimum absolute atomic E-state index is 0.226. The number of hydrogen-bond acceptors (Lipinski definition) is 4. The fraction of sp³-hybridized carbons (Fsp3) is 0.500. The van der Waals surface area contributed by atoms with Crippen molar-refractivity contribution in [2.75, 3.05) is 25.0 Å². The molecule has 1 atom stereocenters. The molecule has 1 aromatic carbocycles. The molecule has 8 heteroatoms. The van der Waals surface area contributed by atoms with Crippen LogP contribution < -0.4 is 10.2 Å². The lowest BCUT2D eigenvalue weighted by Gasteiger charge is -2.22. The number of anilines is 1. The van der Waals surface area contributed by atoms with Crippen molar-refractivity contribution in [3.8, 4) is 0 Å². The Morgan fingerprint density at radius 3 is 2.46 bits per heavy atom. The quantitative estimate of drug-likeness (QED) is 0.859. The number of carbonyl (C=O) groups excluding carboxylic acids is 2. The molecule has 2 heterocycles. The molecule has 1 aromatic rings. The molecular formula is C16H21N3O4S. The van der Waals surface area contributed by atoms with Gasteiger partial charge < -0.3 is 5.32 Å². The standard InChI is InChI=1S/C16H21N3O4S/c1-11(20)19-14-6-5-13(24(22,23)18-7-3-4-8-18)9-12(14)10-15(19)16(21)17-2/h5-6,9,15H,3-4,7-8,10H2,1-2H3,(H,17,21). The third kappa shape index (κ3) is 2.69. The molecule has 2 amide bonds. The molecular weight excluding hydrogens is 330 g/mol. The lowest BCUT2D eigenvalue weighted by atomic mass is 10.1. The third-order valence-corrected chi connectivity index (χ3v) is 6.52. The summed E-state index contributed by atoms with van der Waals surface area (Å²) in [6.07, 6.45) is 2.07. The molecule has 0 aliphatic carbocycles. The van der Waals surface area contributed by atoms with E-state index in [4.69, 9.17) is 0 Å². The molecule has 1 saturated heterocycles. The van der Waals surface area contributed by atoms with E-state index in [1.54, 1.807) is 12.1 Å². The van der Waals surface area contributed by atoms with Gasteiger partial charge in [-0.2, -0.15) is 4.31 Å². The molecule has 7 nitrogen and oxygen atoms in total. The van der Waals surface area contributed by atoms with Gasteiger partial charge in [0.25, 0.3) is 0 Å². The Labute approximate surface area is 141 Å². The van der Waals surface area contributed by atoms with E-state index in [-0.39, 0.29) is 16.7 Å². The van der Waals surface area contributed by atoms with E-state index in [1.807, 2.05) is 0 Å². The lowest BCUT2D eigenvalue weighted by molar-refractivity contribution is -0.125. The largest absolute Gasteiger partial charge is 0.357 e. The number of rotatable bonds is 3. The van der Waals surface area contributed by atoms with Crippen LogP contribution in [0.25, 0.3) is 0 Å². The summed E-state index contributed by atoms with van der Waals surface area (Å²) in [4.78, 5) is 25.7. The number of likely N-dealkylation sites (N-methyl/N-ethyl adjacent to an activating group) is 1. The van der Waals surface area contributed by atoms with Crippen LogP contribution in [0, 0.1) is 0 Å². The molecule has 0 aromatic heterocycles. The monoisotopic (exact) mass is 351 g/mol. The number of sulfonamides is 1. The van der Waals surface area contributed by atoms with Gasteiger partial charge in [-0.05, 0) is 36.6 Å². The maximum atomic E-state index is 12.7. The van der Waals surface area contributed by atoms with Crippen LogP contribution in [0.3, 0.4) is 0 Å². The minimum Gasteiger partial charge on any atom is -0.357 e. The molecule has 1 fully saturated rings. The van der Waals surface area contributed by atoms with Crippen molar-refractivity contribution >= 4 is 27.5 Å². The molecule has 0 spiro atoms. The summed E-state index contributed by atoms with van der Waals surface area (Å²) in [6.45, 7) is 2.49. The number of fused-ring (bicyclic) bond motifs is 1. The van der Waals surface area contributed by atoms with Gasteiger partial charge in [-0.25, -0.2) is 8.42 Å². The number of nitrogens with one attached hydrogen (secondary N) is 1. The van der Waals surface area contributed by atoms with Gasteiger partial charge in [0.05, 0.1) is 4.90 Å². The summed E-state index contributed by atoms with van der Waals surface area (Å²) in [6, 6.07) is 4.12. The highest BCUT2D eigenvalue weighted by atomic mass is 32.2. The maximum Gasteiger partial charge on any atom is 0.243 e. The Morgan fingerprint density at radius 1 is 1.21 bits per heavy atom. The van der Waals surface area contributed by atoms with E-state index in [9.17, 15) is 18.0 Å². The van der Waals surface area contributed by atoms with Crippen LogP contribution in [-0.4, -0.2) is 50.7 Å². The van der Waals surface area contributed by atoms with Crippen LogP contribution in [0.15, 0.2) is 23.1 Å². The van der Waals surface area contributed by atoms with Gasteiger partial charge in [0.2, 0.25) is 21.8 Å². The van der Waals surface area contributed by atoms with Gasteiger partial charge >= 0.3 is 0 Å². The lowest BCUT2D eigenvalue weighted by Crippen LogP contribution is -2.46. The summed E-state index contributed by atoms with van der Waals surface area (Å²) in [5, 5.41) is 2.56. The molecule has 24 heavy (non-hydrogen) atoms. The van der Waals surface area contributed by atoms with Crippen LogP contribution in [0.4, 0.5) is 5.69 Å². The smallest absolute Gasteiger partial charge is 0.243 e. The van der Waals surface area contributed by atoms with E-state index in [0.717, 1.165) is 12.8 Å². The first-order valence-electron chi connectivity index (χ1n) is 8.00. The van der Waals surface area contributed by atoms with Gasteiger partial charge in [-0.3, -0.25) is 14.5 Å². The topological polar surface area (TPSA) is 86.8 Å². The van der Waals surface area contributed by atoms with Gasteiger partial charge in [0.15, 0.2) is 0 Å². The zero-order valence-corrected chi connectivity index (χ0v) is 14.6. The summed E-state index contributed by atoms with van der Waals surface area (Å²) in [7, 11) is -1.99. The highest BCUT2D eigenvalue weighted by Crippen LogP contribution is 2.35. The number of carbonyl (C=O) groups is 2. The minimum atomic E-state index is -3.51. The maximum absolute atomic E-state index is 12.7. The predicted octanol–water partition coefficient (Wildman–Crippen LogP) is 0.495. The van der Waals surface area contributed by atoms with Crippen LogP contribution in [-0.2, 0) is 26.0 Å². The first-order valence-corrected chi connectivity index (χ1v) is 9.44.